The Balaban J connectivity index is 2.18. The van der Waals surface area contributed by atoms with Crippen LogP contribution < -0.4 is 4.90 Å². The quantitative estimate of drug-likeness (QED) is 0.813. The third-order valence-electron chi connectivity index (χ3n) is 3.91. The van der Waals surface area contributed by atoms with Crippen LogP contribution in [0.3, 0.4) is 0 Å². The van der Waals surface area contributed by atoms with Crippen LogP contribution in [0, 0.1) is 17.2 Å². The van der Waals surface area contributed by atoms with E-state index in [0.717, 1.165) is 10.4 Å². The third kappa shape index (κ3) is 2.87. The Hall–Kier alpha value is -1.01. The maximum atomic E-state index is 8.89. The van der Waals surface area contributed by atoms with E-state index in [1.807, 2.05) is 18.2 Å². The molecule has 2 nitrogen and oxygen atoms in total. The molecule has 2 atom stereocenters. The van der Waals surface area contributed by atoms with Gasteiger partial charge in [0.05, 0.1) is 17.3 Å². The molecule has 0 N–H and O–H groups in total. The number of rotatable bonds is 2. The first kappa shape index (κ1) is 13.4. The molecule has 0 aliphatic heterocycles. The van der Waals surface area contributed by atoms with Gasteiger partial charge in [-0.15, -0.1) is 0 Å². The van der Waals surface area contributed by atoms with Gasteiger partial charge in [0.25, 0.3) is 0 Å². The Morgan fingerprint density at radius 3 is 2.78 bits per heavy atom. The Bertz CT molecular complexity index is 464. The number of hydrogen-bond acceptors (Lipinski definition) is 2. The van der Waals surface area contributed by atoms with Gasteiger partial charge in [-0.05, 0) is 52.9 Å². The molecule has 0 amide bonds. The smallest absolute Gasteiger partial charge is 0.0992 e. The number of halogens is 1. The summed E-state index contributed by atoms with van der Waals surface area (Å²) in [6.45, 7) is 2.34. The standard InChI is InChI=1S/C15H19BrN2/c1-11-4-3-5-13(8-11)18(2)15-7-6-12(10-17)9-14(15)16/h6-7,9,11,13H,3-5,8H2,1-2H3. The molecule has 1 aromatic carbocycles. The van der Waals surface area contributed by atoms with Gasteiger partial charge in [-0.1, -0.05) is 19.8 Å². The Labute approximate surface area is 118 Å². The summed E-state index contributed by atoms with van der Waals surface area (Å²) in [5.74, 6) is 0.823. The minimum atomic E-state index is 0.623. The van der Waals surface area contributed by atoms with Crippen LogP contribution in [0.5, 0.6) is 0 Å². The molecule has 1 aliphatic carbocycles. The normalized spacial score (nSPS) is 23.4. The molecule has 1 fully saturated rings. The largest absolute Gasteiger partial charge is 0.371 e. The van der Waals surface area contributed by atoms with Crippen molar-refractivity contribution < 1.29 is 0 Å². The molecule has 2 rings (SSSR count). The molecule has 0 radical (unpaired) electrons. The minimum Gasteiger partial charge on any atom is -0.371 e. The summed E-state index contributed by atoms with van der Waals surface area (Å²) < 4.78 is 1.02. The van der Waals surface area contributed by atoms with Crippen molar-refractivity contribution in [1.82, 2.24) is 0 Å². The van der Waals surface area contributed by atoms with Crippen molar-refractivity contribution in [3.05, 3.63) is 28.2 Å². The Morgan fingerprint density at radius 2 is 2.17 bits per heavy atom. The number of benzene rings is 1. The molecule has 0 bridgehead atoms. The van der Waals surface area contributed by atoms with Crippen molar-refractivity contribution >= 4 is 21.6 Å². The molecule has 0 spiro atoms. The zero-order valence-corrected chi connectivity index (χ0v) is 12.6. The first-order chi connectivity index (χ1) is 8.61. The Morgan fingerprint density at radius 1 is 1.39 bits per heavy atom. The van der Waals surface area contributed by atoms with Crippen molar-refractivity contribution in [2.45, 2.75) is 38.6 Å². The van der Waals surface area contributed by atoms with E-state index in [0.29, 0.717) is 11.6 Å². The van der Waals surface area contributed by atoms with Gasteiger partial charge in [-0.3, -0.25) is 0 Å². The summed E-state index contributed by atoms with van der Waals surface area (Å²) in [7, 11) is 2.16. The number of nitrogens with zero attached hydrogens (tertiary/aromatic N) is 2. The monoisotopic (exact) mass is 306 g/mol. The second-order valence-electron chi connectivity index (χ2n) is 5.31. The van der Waals surface area contributed by atoms with Crippen LogP contribution in [0.2, 0.25) is 0 Å². The van der Waals surface area contributed by atoms with Crippen LogP contribution in [-0.2, 0) is 0 Å². The zero-order valence-electron chi connectivity index (χ0n) is 11.0. The minimum absolute atomic E-state index is 0.623. The maximum Gasteiger partial charge on any atom is 0.0992 e. The molecular formula is C15H19BrN2. The van der Waals surface area contributed by atoms with E-state index in [2.05, 4.69) is 40.9 Å². The molecule has 1 aromatic rings. The summed E-state index contributed by atoms with van der Waals surface area (Å²) >= 11 is 3.58. The van der Waals surface area contributed by atoms with Crippen LogP contribution in [0.15, 0.2) is 22.7 Å². The predicted molar refractivity (Wildman–Crippen MR) is 78.7 cm³/mol. The van der Waals surface area contributed by atoms with E-state index >= 15 is 0 Å². The number of nitriles is 1. The number of hydrogen-bond donors (Lipinski definition) is 0. The van der Waals surface area contributed by atoms with E-state index in [1.54, 1.807) is 0 Å². The lowest BCUT2D eigenvalue weighted by molar-refractivity contribution is 0.336. The van der Waals surface area contributed by atoms with Gasteiger partial charge in [-0.2, -0.15) is 5.26 Å². The SMILES string of the molecule is CC1CCCC(N(C)c2ccc(C#N)cc2Br)C1. The molecule has 3 heteroatoms. The highest BCUT2D eigenvalue weighted by atomic mass is 79.9. The average molecular weight is 307 g/mol. The van der Waals surface area contributed by atoms with E-state index in [-0.39, 0.29) is 0 Å². The van der Waals surface area contributed by atoms with Crippen molar-refractivity contribution in [3.63, 3.8) is 0 Å². The van der Waals surface area contributed by atoms with Crippen molar-refractivity contribution in [3.8, 4) is 6.07 Å². The van der Waals surface area contributed by atoms with Gasteiger partial charge >= 0.3 is 0 Å². The molecular weight excluding hydrogens is 288 g/mol. The van der Waals surface area contributed by atoms with E-state index in [1.165, 1.54) is 31.4 Å². The summed E-state index contributed by atoms with van der Waals surface area (Å²) in [5, 5.41) is 8.89. The van der Waals surface area contributed by atoms with Gasteiger partial charge in [0.1, 0.15) is 0 Å². The zero-order chi connectivity index (χ0) is 13.1. The fourth-order valence-electron chi connectivity index (χ4n) is 2.81. The van der Waals surface area contributed by atoms with Gasteiger partial charge < -0.3 is 4.90 Å². The van der Waals surface area contributed by atoms with Gasteiger partial charge in [-0.25, -0.2) is 0 Å². The van der Waals surface area contributed by atoms with Gasteiger partial charge in [0.15, 0.2) is 0 Å². The molecule has 1 aliphatic rings. The molecule has 2 unspecified atom stereocenters. The molecule has 0 saturated heterocycles. The summed E-state index contributed by atoms with van der Waals surface area (Å²) in [5.41, 5.74) is 1.89. The highest BCUT2D eigenvalue weighted by Gasteiger charge is 2.23. The summed E-state index contributed by atoms with van der Waals surface area (Å²) in [6.07, 6.45) is 5.22. The maximum absolute atomic E-state index is 8.89. The topological polar surface area (TPSA) is 27.0 Å². The first-order valence-electron chi connectivity index (χ1n) is 6.54. The van der Waals surface area contributed by atoms with Gasteiger partial charge in [0, 0.05) is 17.6 Å². The van der Waals surface area contributed by atoms with Crippen LogP contribution in [-0.4, -0.2) is 13.1 Å². The molecule has 0 heterocycles. The van der Waals surface area contributed by atoms with Crippen molar-refractivity contribution in [2.75, 3.05) is 11.9 Å². The second-order valence-corrected chi connectivity index (χ2v) is 6.17. The Kier molecular flexibility index (Phi) is 4.29. The number of anilines is 1. The predicted octanol–water partition coefficient (Wildman–Crippen LogP) is 4.34. The fraction of sp³-hybridized carbons (Fsp3) is 0.533. The highest BCUT2D eigenvalue weighted by Crippen LogP contribution is 2.33. The van der Waals surface area contributed by atoms with Crippen LogP contribution in [0.1, 0.15) is 38.2 Å². The van der Waals surface area contributed by atoms with E-state index in [4.69, 9.17) is 5.26 Å². The third-order valence-corrected chi connectivity index (χ3v) is 4.55. The van der Waals surface area contributed by atoms with E-state index in [9.17, 15) is 0 Å². The van der Waals surface area contributed by atoms with Crippen LogP contribution in [0.4, 0.5) is 5.69 Å². The highest BCUT2D eigenvalue weighted by molar-refractivity contribution is 9.10. The fourth-order valence-corrected chi connectivity index (χ4v) is 3.47. The molecule has 18 heavy (non-hydrogen) atoms. The van der Waals surface area contributed by atoms with Crippen LogP contribution >= 0.6 is 15.9 Å². The lowest BCUT2D eigenvalue weighted by atomic mass is 9.86. The molecule has 0 aromatic heterocycles. The van der Waals surface area contributed by atoms with Crippen molar-refractivity contribution in [1.29, 1.82) is 5.26 Å². The van der Waals surface area contributed by atoms with E-state index < -0.39 is 0 Å². The summed E-state index contributed by atoms with van der Waals surface area (Å²) in [4.78, 5) is 2.36. The lowest BCUT2D eigenvalue weighted by Gasteiger charge is -2.36. The van der Waals surface area contributed by atoms with Gasteiger partial charge in [0.2, 0.25) is 0 Å². The second kappa shape index (κ2) is 5.75. The average Bonchev–Trinajstić information content (AvgIpc) is 2.37. The molecule has 96 valence electrons. The summed E-state index contributed by atoms with van der Waals surface area (Å²) in [6, 6.07) is 8.63. The van der Waals surface area contributed by atoms with Crippen molar-refractivity contribution in [2.24, 2.45) is 5.92 Å². The lowest BCUT2D eigenvalue weighted by Crippen LogP contribution is -2.35. The first-order valence-corrected chi connectivity index (χ1v) is 7.33. The molecule has 1 saturated carbocycles. The van der Waals surface area contributed by atoms with Crippen LogP contribution in [0.25, 0.3) is 0 Å².